The van der Waals surface area contributed by atoms with Gasteiger partial charge in [-0.05, 0) is 13.3 Å². The molecular weight excluding hydrogens is 231 g/mol. The van der Waals surface area contributed by atoms with Crippen molar-refractivity contribution in [1.82, 2.24) is 0 Å². The highest BCUT2D eigenvalue weighted by Gasteiger charge is 2.84. The molecular formula is C8H10F3NO4. The van der Waals surface area contributed by atoms with Crippen molar-refractivity contribution in [2.75, 3.05) is 13.7 Å². The Hall–Kier alpha value is -1.34. The highest BCUT2D eigenvalue weighted by atomic mass is 19.4. The fraction of sp³-hybridized carbons (Fsp3) is 0.875. The number of esters is 1. The summed E-state index contributed by atoms with van der Waals surface area (Å²) in [6.45, 7) is -0.266. The van der Waals surface area contributed by atoms with Crippen molar-refractivity contribution >= 4 is 5.97 Å². The number of hydrogen-bond acceptors (Lipinski definition) is 4. The average molecular weight is 241 g/mol. The molecule has 0 heterocycles. The normalized spacial score (nSPS) is 33.3. The van der Waals surface area contributed by atoms with Crippen LogP contribution in [0.4, 0.5) is 13.2 Å². The highest BCUT2D eigenvalue weighted by Crippen LogP contribution is 2.71. The smallest absolute Gasteiger partial charge is 0.401 e. The molecule has 0 bridgehead atoms. The molecule has 16 heavy (non-hydrogen) atoms. The summed E-state index contributed by atoms with van der Waals surface area (Å²) in [6.07, 6.45) is -5.39. The number of carbonyl (C=O) groups excluding carboxylic acids is 1. The summed E-state index contributed by atoms with van der Waals surface area (Å²) in [7, 11) is 0.958. The Balaban J connectivity index is 3.05. The van der Waals surface area contributed by atoms with E-state index in [1.165, 1.54) is 0 Å². The van der Waals surface area contributed by atoms with Crippen LogP contribution in [0.15, 0.2) is 0 Å². The molecule has 2 atom stereocenters. The third-order valence-corrected chi connectivity index (χ3v) is 3.16. The van der Waals surface area contributed by atoms with Crippen LogP contribution in [0.5, 0.6) is 0 Å². The minimum atomic E-state index is -4.79. The maximum absolute atomic E-state index is 12.7. The van der Waals surface area contributed by atoms with E-state index in [1.54, 1.807) is 0 Å². The molecule has 0 unspecified atom stereocenters. The predicted octanol–water partition coefficient (Wildman–Crippen LogP) is 1.39. The van der Waals surface area contributed by atoms with Crippen molar-refractivity contribution in [3.05, 3.63) is 10.1 Å². The summed E-state index contributed by atoms with van der Waals surface area (Å²) in [6, 6.07) is 0. The van der Waals surface area contributed by atoms with E-state index in [-0.39, 0.29) is 0 Å². The van der Waals surface area contributed by atoms with Gasteiger partial charge < -0.3 is 4.74 Å². The number of methoxy groups -OCH3 is 1. The Morgan fingerprint density at radius 2 is 2.06 bits per heavy atom. The lowest BCUT2D eigenvalue weighted by molar-refractivity contribution is -0.503. The molecule has 1 aliphatic rings. The van der Waals surface area contributed by atoms with Crippen LogP contribution in [-0.4, -0.2) is 30.7 Å². The van der Waals surface area contributed by atoms with Gasteiger partial charge in [-0.25, -0.2) is 0 Å². The first-order valence-electron chi connectivity index (χ1n) is 4.38. The minimum Gasteiger partial charge on any atom is -0.469 e. The molecule has 0 spiro atoms. The summed E-state index contributed by atoms with van der Waals surface area (Å²) >= 11 is 0. The lowest BCUT2D eigenvalue weighted by atomic mass is 9.93. The standard InChI is InChI=1S/C8H10F3NO4/c1-6(5(13)16-2)3-7(6,4-12(14)15)8(9,10)11/h3-4H2,1-2H3/t6-,7+/m0/s1. The maximum Gasteiger partial charge on any atom is 0.401 e. The van der Waals surface area contributed by atoms with Crippen molar-refractivity contribution in [3.8, 4) is 0 Å². The van der Waals surface area contributed by atoms with Gasteiger partial charge in [-0.2, -0.15) is 13.2 Å². The van der Waals surface area contributed by atoms with Crippen LogP contribution >= 0.6 is 0 Å². The molecule has 0 aromatic carbocycles. The second kappa shape index (κ2) is 3.33. The second-order valence-electron chi connectivity index (χ2n) is 4.07. The Morgan fingerprint density at radius 3 is 2.38 bits per heavy atom. The summed E-state index contributed by atoms with van der Waals surface area (Å²) < 4.78 is 42.5. The van der Waals surface area contributed by atoms with Crippen molar-refractivity contribution < 1.29 is 27.6 Å². The number of nitrogens with zero attached hydrogens (tertiary/aromatic N) is 1. The Bertz CT molecular complexity index is 343. The third kappa shape index (κ3) is 1.52. The van der Waals surface area contributed by atoms with Gasteiger partial charge in [-0.15, -0.1) is 0 Å². The van der Waals surface area contributed by atoms with E-state index in [1.807, 2.05) is 0 Å². The number of hydrogen-bond donors (Lipinski definition) is 0. The zero-order valence-corrected chi connectivity index (χ0v) is 8.63. The molecule has 5 nitrogen and oxygen atoms in total. The number of alkyl halides is 3. The van der Waals surface area contributed by atoms with Crippen LogP contribution in [0.2, 0.25) is 0 Å². The molecule has 1 aliphatic carbocycles. The first kappa shape index (κ1) is 12.7. The monoisotopic (exact) mass is 241 g/mol. The number of halogens is 3. The van der Waals surface area contributed by atoms with Gasteiger partial charge in [0.15, 0.2) is 0 Å². The first-order chi connectivity index (χ1) is 7.10. The van der Waals surface area contributed by atoms with Crippen LogP contribution in [0, 0.1) is 20.9 Å². The molecule has 0 aliphatic heterocycles. The zero-order valence-electron chi connectivity index (χ0n) is 8.63. The van der Waals surface area contributed by atoms with Crippen molar-refractivity contribution in [2.24, 2.45) is 10.8 Å². The van der Waals surface area contributed by atoms with Crippen molar-refractivity contribution in [2.45, 2.75) is 19.5 Å². The lowest BCUT2D eigenvalue weighted by Crippen LogP contribution is -2.39. The van der Waals surface area contributed by atoms with E-state index in [4.69, 9.17) is 0 Å². The minimum absolute atomic E-state index is 0.600. The largest absolute Gasteiger partial charge is 0.469 e. The SMILES string of the molecule is COC(=O)[C@]1(C)C[C@]1(C[N+](=O)[O-])C(F)(F)F. The number of rotatable bonds is 3. The van der Waals surface area contributed by atoms with Gasteiger partial charge in [0.2, 0.25) is 6.54 Å². The Labute approximate surface area is 88.7 Å². The topological polar surface area (TPSA) is 69.4 Å². The van der Waals surface area contributed by atoms with Gasteiger partial charge in [0.25, 0.3) is 0 Å². The van der Waals surface area contributed by atoms with E-state index in [2.05, 4.69) is 4.74 Å². The molecule has 1 saturated carbocycles. The van der Waals surface area contributed by atoms with E-state index in [9.17, 15) is 28.1 Å². The van der Waals surface area contributed by atoms with Crippen molar-refractivity contribution in [1.29, 1.82) is 0 Å². The average Bonchev–Trinajstić information content (AvgIpc) is 2.71. The van der Waals surface area contributed by atoms with Crippen LogP contribution in [-0.2, 0) is 9.53 Å². The molecule has 92 valence electrons. The summed E-state index contributed by atoms with van der Waals surface area (Å²) in [5, 5.41) is 10.3. The molecule has 8 heteroatoms. The van der Waals surface area contributed by atoms with E-state index in [0.29, 0.717) is 0 Å². The Kier molecular flexibility index (Phi) is 2.65. The second-order valence-corrected chi connectivity index (χ2v) is 4.07. The Morgan fingerprint density at radius 1 is 1.56 bits per heavy atom. The molecule has 0 N–H and O–H groups in total. The van der Waals surface area contributed by atoms with Crippen LogP contribution in [0.1, 0.15) is 13.3 Å². The van der Waals surface area contributed by atoms with E-state index in [0.717, 1.165) is 14.0 Å². The van der Waals surface area contributed by atoms with Gasteiger partial charge in [-0.3, -0.25) is 14.9 Å². The predicted molar refractivity (Wildman–Crippen MR) is 45.1 cm³/mol. The number of nitro groups is 1. The van der Waals surface area contributed by atoms with E-state index >= 15 is 0 Å². The van der Waals surface area contributed by atoms with Gasteiger partial charge in [0.1, 0.15) is 5.41 Å². The van der Waals surface area contributed by atoms with Crippen molar-refractivity contribution in [3.63, 3.8) is 0 Å². The maximum atomic E-state index is 12.7. The fourth-order valence-electron chi connectivity index (χ4n) is 2.01. The summed E-state index contributed by atoms with van der Waals surface area (Å²) in [5.74, 6) is -1.06. The summed E-state index contributed by atoms with van der Waals surface area (Å²) in [5.41, 5.74) is -4.43. The van der Waals surface area contributed by atoms with Crippen LogP contribution < -0.4 is 0 Å². The van der Waals surface area contributed by atoms with Crippen LogP contribution in [0.25, 0.3) is 0 Å². The van der Waals surface area contributed by atoms with Gasteiger partial charge in [-0.1, -0.05) is 0 Å². The number of ether oxygens (including phenoxy) is 1. The van der Waals surface area contributed by atoms with E-state index < -0.39 is 40.9 Å². The van der Waals surface area contributed by atoms with Crippen LogP contribution in [0.3, 0.4) is 0 Å². The zero-order chi connectivity index (χ0) is 12.8. The lowest BCUT2D eigenvalue weighted by Gasteiger charge is -2.20. The molecule has 0 radical (unpaired) electrons. The quantitative estimate of drug-likeness (QED) is 0.425. The number of carbonyl (C=O) groups is 1. The molecule has 0 saturated heterocycles. The molecule has 1 rings (SSSR count). The van der Waals surface area contributed by atoms with Gasteiger partial charge in [0, 0.05) is 4.92 Å². The first-order valence-corrected chi connectivity index (χ1v) is 4.38. The molecule has 0 aromatic rings. The highest BCUT2D eigenvalue weighted by molar-refractivity contribution is 5.81. The van der Waals surface area contributed by atoms with Gasteiger partial charge in [0.05, 0.1) is 12.5 Å². The third-order valence-electron chi connectivity index (χ3n) is 3.16. The molecule has 0 aromatic heterocycles. The van der Waals surface area contributed by atoms with Gasteiger partial charge >= 0.3 is 12.1 Å². The summed E-state index contributed by atoms with van der Waals surface area (Å²) in [4.78, 5) is 20.4. The fourth-order valence-corrected chi connectivity index (χ4v) is 2.01. The molecule has 1 fully saturated rings. The molecule has 0 amide bonds.